The van der Waals surface area contributed by atoms with E-state index in [2.05, 4.69) is 44.0 Å². The minimum absolute atomic E-state index is 0. The summed E-state index contributed by atoms with van der Waals surface area (Å²) >= 11 is 0. The molecule has 18 atom stereocenters. The third-order valence-corrected chi connectivity index (χ3v) is 19.6. The molecule has 6 aliphatic heterocycles. The Labute approximate surface area is 345 Å². The zero-order valence-electron chi connectivity index (χ0n) is 33.4. The van der Waals surface area contributed by atoms with E-state index in [1.165, 1.54) is 5.56 Å². The summed E-state index contributed by atoms with van der Waals surface area (Å²) in [7, 11) is 2.11. The maximum Gasteiger partial charge on any atom is 0.362 e. The van der Waals surface area contributed by atoms with Crippen LogP contribution in [0.3, 0.4) is 0 Å². The van der Waals surface area contributed by atoms with Crippen LogP contribution in [0, 0.1) is 46.3 Å². The fraction of sp³-hybridized carbons (Fsp3) is 0.756. The number of hydrogen-bond donors (Lipinski definition) is 4. The molecule has 5 aliphatic carbocycles. The maximum absolute atomic E-state index is 14.5. The van der Waals surface area contributed by atoms with Gasteiger partial charge in [0.25, 0.3) is 0 Å². The van der Waals surface area contributed by atoms with Gasteiger partial charge >= 0.3 is 11.9 Å². The lowest BCUT2D eigenvalue weighted by molar-refractivity contribution is -1.03. The lowest BCUT2D eigenvalue weighted by atomic mass is 9.41. The molecule has 0 radical (unpaired) electrons. The lowest BCUT2D eigenvalue weighted by Gasteiger charge is -2.67. The van der Waals surface area contributed by atoms with E-state index in [-0.39, 0.29) is 107 Å². The molecular weight excluding hydrogens is 792 g/mol. The second kappa shape index (κ2) is 12.4. The topological polar surface area (TPSA) is 154 Å². The number of cyclic esters (lactones) is 1. The number of nitrogens with zero attached hydrogens (tertiary/aromatic N) is 2. The Morgan fingerprint density at radius 3 is 2.54 bits per heavy atom. The van der Waals surface area contributed by atoms with E-state index in [0.717, 1.165) is 43.2 Å². The lowest BCUT2D eigenvalue weighted by Crippen LogP contribution is -3.00. The van der Waals surface area contributed by atoms with Crippen LogP contribution in [0.4, 0.5) is 5.69 Å². The number of aliphatic hydroxyl groups is 4. The van der Waals surface area contributed by atoms with Crippen molar-refractivity contribution in [3.63, 3.8) is 0 Å². The monoisotopic (exact) mass is 850 g/mol. The molecule has 12 rings (SSSR count). The number of rotatable bonds is 6. The number of aldehydes is 1. The number of aliphatic hydroxyl groups excluding tert-OH is 2. The first-order valence-corrected chi connectivity index (χ1v) is 21.8. The van der Waals surface area contributed by atoms with Gasteiger partial charge in [0, 0.05) is 55.3 Å². The van der Waals surface area contributed by atoms with Gasteiger partial charge in [-0.3, -0.25) is 4.48 Å². The molecule has 1 spiro atoms. The summed E-state index contributed by atoms with van der Waals surface area (Å²) in [6, 6.07) is 8.28. The number of piperidine rings is 4. The van der Waals surface area contributed by atoms with Crippen LogP contribution in [0.5, 0.6) is 0 Å². The molecule has 5 saturated carbocycles. The number of carbonyl (C=O) groups excluding carboxylic acids is 3. The predicted octanol–water partition coefficient (Wildman–Crippen LogP) is 0.536. The summed E-state index contributed by atoms with van der Waals surface area (Å²) in [6.45, 7) is 4.56. The first-order valence-electron chi connectivity index (χ1n) is 21.8. The van der Waals surface area contributed by atoms with Gasteiger partial charge in [-0.2, -0.15) is 0 Å². The standard InChI is InChI=1S/C45H59N2O9.BrH/c1-4-26-27-18-33-38-44(31-7-5-6-8-32(31)46(38)3)20-34(37(27)39(44)51)47(33,40(26)52)21-36(50)56-25-9-14-42(23-48)29-10-13-41(2)28(24-17-35(49)55-22-24)12-16-45(41,54)30(29)11-15-43(42,53)19-25;/h5-8,17,23,25-30,33-34,37-40,51-54H,4,9-16,18-22H2,1-3H3;1H/q+1;/p-1/t25-,26-,27?,28+,29-,30+,33-,34-,37?,38-,39?,40+,41+,42-,43-,44?,45-,47-;/m0./s1. The van der Waals surface area contributed by atoms with Crippen molar-refractivity contribution in [1.82, 2.24) is 0 Å². The number of hydrogen-bond acceptors (Lipinski definition) is 10. The second-order valence-electron chi connectivity index (χ2n) is 20.6. The van der Waals surface area contributed by atoms with Gasteiger partial charge in [-0.1, -0.05) is 32.0 Å². The quantitative estimate of drug-likeness (QED) is 0.181. The number of halogens is 1. The SMILES string of the molecule is CC[C@H]1C2C[C@H]3[C@@H]4N(C)c5ccccc5C45C[C@@H](C2C5O)[N@@+]3(CC(=O)O[C@H]2CC[C@]3(C=O)[C@H]4CC[C@]5(C)[C@@H](C6=CC(=O)OC6)CC[C@]5(O)[C@@H]4CC[C@]3(O)C2)[C@@H]1O.[Br-]. The van der Waals surface area contributed by atoms with Crippen molar-refractivity contribution in [2.75, 3.05) is 25.1 Å². The van der Waals surface area contributed by atoms with Crippen molar-refractivity contribution >= 4 is 23.9 Å². The van der Waals surface area contributed by atoms with Gasteiger partial charge < -0.3 is 56.6 Å². The van der Waals surface area contributed by atoms with Crippen molar-refractivity contribution in [3.8, 4) is 0 Å². The van der Waals surface area contributed by atoms with Gasteiger partial charge in [-0.25, -0.2) is 9.59 Å². The number of anilines is 1. The highest BCUT2D eigenvalue weighted by Crippen LogP contribution is 2.73. The second-order valence-corrected chi connectivity index (χ2v) is 20.6. The van der Waals surface area contributed by atoms with Crippen LogP contribution in [-0.4, -0.2) is 111 Å². The number of quaternary nitrogens is 1. The molecule has 4 saturated heterocycles. The molecule has 0 aromatic heterocycles. The fourth-order valence-electron chi connectivity index (χ4n) is 17.6. The van der Waals surface area contributed by atoms with Crippen molar-refractivity contribution in [1.29, 1.82) is 0 Å². The number of para-hydroxylation sites is 1. The minimum atomic E-state index is -1.37. The highest BCUT2D eigenvalue weighted by Gasteiger charge is 2.83. The highest BCUT2D eigenvalue weighted by atomic mass is 79.9. The minimum Gasteiger partial charge on any atom is -1.00 e. The van der Waals surface area contributed by atoms with Crippen molar-refractivity contribution in [2.24, 2.45) is 46.3 Å². The van der Waals surface area contributed by atoms with E-state index in [1.807, 2.05) is 6.07 Å². The molecule has 11 aliphatic rings. The van der Waals surface area contributed by atoms with E-state index in [9.17, 15) is 34.8 Å². The van der Waals surface area contributed by atoms with Crippen LogP contribution in [0.2, 0.25) is 0 Å². The van der Waals surface area contributed by atoms with Crippen LogP contribution < -0.4 is 21.9 Å². The summed E-state index contributed by atoms with van der Waals surface area (Å²) in [6.07, 6.45) is 7.72. The molecule has 6 heterocycles. The summed E-state index contributed by atoms with van der Waals surface area (Å²) in [5.41, 5.74) is -1.04. The Kier molecular flexibility index (Phi) is 8.43. The van der Waals surface area contributed by atoms with Crippen LogP contribution >= 0.6 is 0 Å². The molecule has 1 aromatic carbocycles. The molecular formula is C45H59BrN2O9. The van der Waals surface area contributed by atoms with Crippen molar-refractivity contribution < 1.29 is 65.7 Å². The average Bonchev–Trinajstić information content (AvgIpc) is 3.86. The fourth-order valence-corrected chi connectivity index (χ4v) is 17.6. The average molecular weight is 852 g/mol. The molecule has 4 unspecified atom stereocenters. The zero-order valence-corrected chi connectivity index (χ0v) is 35.0. The Morgan fingerprint density at radius 2 is 1.81 bits per heavy atom. The molecule has 9 fully saturated rings. The van der Waals surface area contributed by atoms with E-state index in [0.29, 0.717) is 44.9 Å². The summed E-state index contributed by atoms with van der Waals surface area (Å²) in [4.78, 5) is 42.3. The Morgan fingerprint density at radius 1 is 1.04 bits per heavy atom. The van der Waals surface area contributed by atoms with Gasteiger partial charge in [0.2, 0.25) is 0 Å². The number of fused-ring (bicyclic) bond motifs is 7. The summed E-state index contributed by atoms with van der Waals surface area (Å²) < 4.78 is 11.9. The third kappa shape index (κ3) is 4.34. The Hall–Kier alpha value is -2.35. The number of ether oxygens (including phenoxy) is 2. The van der Waals surface area contributed by atoms with Gasteiger partial charge in [0.05, 0.1) is 40.2 Å². The van der Waals surface area contributed by atoms with E-state index >= 15 is 0 Å². The van der Waals surface area contributed by atoms with Gasteiger partial charge in [-0.15, -0.1) is 0 Å². The number of likely N-dealkylation sites (N-methyl/N-ethyl adjacent to an activating group) is 1. The first-order chi connectivity index (χ1) is 26.7. The van der Waals surface area contributed by atoms with E-state index < -0.39 is 45.9 Å². The molecule has 11 nitrogen and oxygen atoms in total. The molecule has 4 N–H and O–H groups in total. The number of benzene rings is 1. The van der Waals surface area contributed by atoms with Crippen molar-refractivity contribution in [2.45, 2.75) is 144 Å². The molecule has 5 bridgehead atoms. The zero-order chi connectivity index (χ0) is 38.9. The molecule has 0 amide bonds. The van der Waals surface area contributed by atoms with Crippen LogP contribution in [0.15, 0.2) is 35.9 Å². The van der Waals surface area contributed by atoms with Crippen LogP contribution in [-0.2, 0) is 29.3 Å². The Bertz CT molecular complexity index is 1950. The smallest absolute Gasteiger partial charge is 0.362 e. The van der Waals surface area contributed by atoms with E-state index in [1.54, 1.807) is 6.08 Å². The highest BCUT2D eigenvalue weighted by molar-refractivity contribution is 5.85. The largest absolute Gasteiger partial charge is 1.00 e. The van der Waals surface area contributed by atoms with Gasteiger partial charge in [0.1, 0.15) is 25.0 Å². The molecule has 1 aromatic rings. The first kappa shape index (κ1) is 38.8. The third-order valence-electron chi connectivity index (χ3n) is 19.6. The molecule has 310 valence electrons. The van der Waals surface area contributed by atoms with Crippen LogP contribution in [0.25, 0.3) is 0 Å². The maximum atomic E-state index is 14.5. The summed E-state index contributed by atoms with van der Waals surface area (Å²) in [5, 5.41) is 50.1. The molecule has 12 heteroatoms. The molecule has 57 heavy (non-hydrogen) atoms. The normalized spacial score (nSPS) is 53.1. The van der Waals surface area contributed by atoms with Gasteiger partial charge in [0.15, 0.2) is 12.8 Å². The summed E-state index contributed by atoms with van der Waals surface area (Å²) in [5.74, 6) is -0.852. The Balaban J connectivity index is 0.00000396. The van der Waals surface area contributed by atoms with E-state index in [4.69, 9.17) is 9.47 Å². The number of carbonyl (C=O) groups is 3. The number of esters is 2. The predicted molar refractivity (Wildman–Crippen MR) is 202 cm³/mol. The van der Waals surface area contributed by atoms with Crippen LogP contribution in [0.1, 0.15) is 96.5 Å². The van der Waals surface area contributed by atoms with Gasteiger partial charge in [-0.05, 0) is 98.7 Å². The van der Waals surface area contributed by atoms with Crippen molar-refractivity contribution in [3.05, 3.63) is 41.5 Å².